The van der Waals surface area contributed by atoms with Gasteiger partial charge in [-0.25, -0.2) is 0 Å². The number of nitrogens with one attached hydrogen (secondary N) is 1. The van der Waals surface area contributed by atoms with Crippen LogP contribution in [0.3, 0.4) is 0 Å². The van der Waals surface area contributed by atoms with Gasteiger partial charge in [-0.1, -0.05) is 36.7 Å². The molecule has 2 rings (SSSR count). The van der Waals surface area contributed by atoms with E-state index in [2.05, 4.69) is 5.32 Å². The van der Waals surface area contributed by atoms with Gasteiger partial charge in [0.1, 0.15) is 4.88 Å². The van der Waals surface area contributed by atoms with Crippen molar-refractivity contribution >= 4 is 38.9 Å². The highest BCUT2D eigenvalue weighted by atomic mass is 35.5. The molecule has 1 aromatic heterocycles. The second kappa shape index (κ2) is 5.69. The van der Waals surface area contributed by atoms with E-state index in [0.717, 1.165) is 10.1 Å². The van der Waals surface area contributed by atoms with Crippen molar-refractivity contribution in [2.75, 3.05) is 6.61 Å². The Morgan fingerprint density at radius 1 is 1.50 bits per heavy atom. The van der Waals surface area contributed by atoms with E-state index in [0.29, 0.717) is 16.3 Å². The first kappa shape index (κ1) is 13.3. The summed E-state index contributed by atoms with van der Waals surface area (Å²) in [5, 5.41) is 13.2. The Balaban J connectivity index is 2.30. The van der Waals surface area contributed by atoms with Crippen LogP contribution in [0.2, 0.25) is 5.02 Å². The second-order valence-electron chi connectivity index (χ2n) is 4.00. The van der Waals surface area contributed by atoms with Gasteiger partial charge in [-0.05, 0) is 12.5 Å². The summed E-state index contributed by atoms with van der Waals surface area (Å²) in [4.78, 5) is 12.6. The van der Waals surface area contributed by atoms with Crippen LogP contribution >= 0.6 is 22.9 Å². The van der Waals surface area contributed by atoms with Crippen LogP contribution in [0.25, 0.3) is 10.1 Å². The van der Waals surface area contributed by atoms with E-state index in [9.17, 15) is 4.79 Å². The van der Waals surface area contributed by atoms with Crippen LogP contribution in [-0.2, 0) is 0 Å². The van der Waals surface area contributed by atoms with E-state index >= 15 is 0 Å². The van der Waals surface area contributed by atoms with Crippen molar-refractivity contribution in [2.45, 2.75) is 19.4 Å². The second-order valence-corrected chi connectivity index (χ2v) is 5.43. The topological polar surface area (TPSA) is 49.3 Å². The third-order valence-electron chi connectivity index (χ3n) is 2.79. The van der Waals surface area contributed by atoms with Gasteiger partial charge in [0.2, 0.25) is 0 Å². The van der Waals surface area contributed by atoms with Crippen molar-refractivity contribution in [1.29, 1.82) is 0 Å². The Morgan fingerprint density at radius 3 is 2.83 bits per heavy atom. The van der Waals surface area contributed by atoms with Crippen molar-refractivity contribution in [3.8, 4) is 0 Å². The fourth-order valence-electron chi connectivity index (χ4n) is 1.69. The molecule has 0 radical (unpaired) electrons. The Morgan fingerprint density at radius 2 is 2.22 bits per heavy atom. The first-order chi connectivity index (χ1) is 8.67. The molecule has 0 saturated carbocycles. The van der Waals surface area contributed by atoms with E-state index in [-0.39, 0.29) is 18.6 Å². The van der Waals surface area contributed by atoms with Crippen molar-refractivity contribution in [2.24, 2.45) is 0 Å². The first-order valence-electron chi connectivity index (χ1n) is 5.76. The summed E-state index contributed by atoms with van der Waals surface area (Å²) in [5.41, 5.74) is 0. The zero-order chi connectivity index (χ0) is 13.1. The summed E-state index contributed by atoms with van der Waals surface area (Å²) in [6.45, 7) is 1.85. The Bertz CT molecular complexity index is 563. The molecule has 2 aromatic rings. The number of rotatable bonds is 4. The van der Waals surface area contributed by atoms with Crippen molar-refractivity contribution in [3.63, 3.8) is 0 Å². The van der Waals surface area contributed by atoms with E-state index in [4.69, 9.17) is 16.7 Å². The average molecular weight is 284 g/mol. The largest absolute Gasteiger partial charge is 0.394 e. The van der Waals surface area contributed by atoms with Crippen LogP contribution < -0.4 is 5.32 Å². The van der Waals surface area contributed by atoms with Gasteiger partial charge >= 0.3 is 0 Å². The van der Waals surface area contributed by atoms with Gasteiger partial charge in [-0.3, -0.25) is 4.79 Å². The molecule has 0 bridgehead atoms. The van der Waals surface area contributed by atoms with E-state index < -0.39 is 0 Å². The van der Waals surface area contributed by atoms with Gasteiger partial charge in [0.25, 0.3) is 5.91 Å². The third-order valence-corrected chi connectivity index (χ3v) is 4.46. The minimum Gasteiger partial charge on any atom is -0.394 e. The number of aliphatic hydroxyl groups is 1. The van der Waals surface area contributed by atoms with Gasteiger partial charge in [-0.15, -0.1) is 11.3 Å². The van der Waals surface area contributed by atoms with Crippen LogP contribution in [-0.4, -0.2) is 23.7 Å². The molecule has 0 aliphatic rings. The fourth-order valence-corrected chi connectivity index (χ4v) is 3.11. The van der Waals surface area contributed by atoms with Crippen molar-refractivity contribution in [1.82, 2.24) is 5.32 Å². The molecule has 1 atom stereocenters. The number of hydrogen-bond donors (Lipinski definition) is 2. The Hall–Kier alpha value is -1.10. The molecular formula is C13H14ClNO2S. The van der Waals surface area contributed by atoms with Crippen LogP contribution in [0.15, 0.2) is 24.3 Å². The molecule has 0 fully saturated rings. The lowest BCUT2D eigenvalue weighted by Crippen LogP contribution is -2.36. The predicted octanol–water partition coefficient (Wildman–Crippen LogP) is 3.06. The molecule has 0 aliphatic carbocycles. The number of hydrogen-bond acceptors (Lipinski definition) is 3. The Kier molecular flexibility index (Phi) is 4.22. The van der Waals surface area contributed by atoms with Gasteiger partial charge in [0.15, 0.2) is 0 Å². The molecule has 1 aromatic carbocycles. The standard InChI is InChI=1S/C13H14ClNO2S/c1-2-8(7-16)15-13(17)12-11(14)9-5-3-4-6-10(9)18-12/h3-6,8,16H,2,7H2,1H3,(H,15,17)/t8-/m0/s1. The zero-order valence-corrected chi connectivity index (χ0v) is 11.5. The maximum atomic E-state index is 12.1. The number of carbonyl (C=O) groups is 1. The molecule has 96 valence electrons. The monoisotopic (exact) mass is 283 g/mol. The maximum Gasteiger partial charge on any atom is 0.263 e. The molecule has 1 amide bonds. The van der Waals surface area contributed by atoms with E-state index in [1.54, 1.807) is 0 Å². The lowest BCUT2D eigenvalue weighted by atomic mass is 10.2. The highest BCUT2D eigenvalue weighted by Crippen LogP contribution is 2.34. The predicted molar refractivity (Wildman–Crippen MR) is 75.5 cm³/mol. The number of aliphatic hydroxyl groups excluding tert-OH is 1. The van der Waals surface area contributed by atoms with E-state index in [1.165, 1.54) is 11.3 Å². The number of fused-ring (bicyclic) bond motifs is 1. The van der Waals surface area contributed by atoms with Crippen LogP contribution in [0.4, 0.5) is 0 Å². The van der Waals surface area contributed by atoms with Gasteiger partial charge in [0, 0.05) is 10.1 Å². The SMILES string of the molecule is CC[C@@H](CO)NC(=O)c1sc2ccccc2c1Cl. The Labute approximate surface area is 114 Å². The van der Waals surface area contributed by atoms with Crippen molar-refractivity contribution in [3.05, 3.63) is 34.2 Å². The van der Waals surface area contributed by atoms with Crippen LogP contribution in [0.1, 0.15) is 23.0 Å². The molecule has 0 spiro atoms. The lowest BCUT2D eigenvalue weighted by Gasteiger charge is -2.13. The van der Waals surface area contributed by atoms with E-state index in [1.807, 2.05) is 31.2 Å². The van der Waals surface area contributed by atoms with Crippen LogP contribution in [0, 0.1) is 0 Å². The molecule has 0 unspecified atom stereocenters. The molecule has 18 heavy (non-hydrogen) atoms. The third kappa shape index (κ3) is 2.51. The first-order valence-corrected chi connectivity index (χ1v) is 6.95. The number of carbonyl (C=O) groups excluding carboxylic acids is 1. The molecule has 0 aliphatic heterocycles. The number of halogens is 1. The highest BCUT2D eigenvalue weighted by molar-refractivity contribution is 7.21. The molecule has 2 N–H and O–H groups in total. The molecule has 1 heterocycles. The summed E-state index contributed by atoms with van der Waals surface area (Å²) < 4.78 is 0.990. The smallest absolute Gasteiger partial charge is 0.263 e. The minimum atomic E-state index is -0.223. The molecule has 0 saturated heterocycles. The zero-order valence-electron chi connectivity index (χ0n) is 9.94. The number of amides is 1. The van der Waals surface area contributed by atoms with Gasteiger partial charge < -0.3 is 10.4 Å². The highest BCUT2D eigenvalue weighted by Gasteiger charge is 2.18. The summed E-state index contributed by atoms with van der Waals surface area (Å²) in [6, 6.07) is 7.42. The summed E-state index contributed by atoms with van der Waals surface area (Å²) in [7, 11) is 0. The molecule has 3 nitrogen and oxygen atoms in total. The summed E-state index contributed by atoms with van der Waals surface area (Å²) in [6.07, 6.45) is 0.685. The van der Waals surface area contributed by atoms with Gasteiger partial charge in [-0.2, -0.15) is 0 Å². The quantitative estimate of drug-likeness (QED) is 0.906. The summed E-state index contributed by atoms with van der Waals surface area (Å²) in [5.74, 6) is -0.220. The normalized spacial score (nSPS) is 12.6. The fraction of sp³-hybridized carbons (Fsp3) is 0.308. The van der Waals surface area contributed by atoms with Crippen molar-refractivity contribution < 1.29 is 9.90 Å². The van der Waals surface area contributed by atoms with Crippen LogP contribution in [0.5, 0.6) is 0 Å². The molecular weight excluding hydrogens is 270 g/mol. The molecule has 5 heteroatoms. The summed E-state index contributed by atoms with van der Waals surface area (Å²) >= 11 is 7.58. The van der Waals surface area contributed by atoms with Gasteiger partial charge in [0.05, 0.1) is 17.7 Å². The lowest BCUT2D eigenvalue weighted by molar-refractivity contribution is 0.0919. The number of benzene rings is 1. The number of thiophene rings is 1. The average Bonchev–Trinajstić information content (AvgIpc) is 2.74. The maximum absolute atomic E-state index is 12.1. The minimum absolute atomic E-state index is 0.0647.